The molecule has 2 aromatic rings. The van der Waals surface area contributed by atoms with Crippen LogP contribution in [-0.4, -0.2) is 10.7 Å². The van der Waals surface area contributed by atoms with Crippen molar-refractivity contribution in [2.45, 2.75) is 13.8 Å². The molecule has 0 saturated heterocycles. The van der Waals surface area contributed by atoms with Gasteiger partial charge < -0.3 is 0 Å². The zero-order chi connectivity index (χ0) is 14.9. The molecule has 102 valence electrons. The van der Waals surface area contributed by atoms with Gasteiger partial charge in [0.25, 0.3) is 5.69 Å². The number of ketones is 1. The monoisotopic (exact) mass is 289 g/mol. The van der Waals surface area contributed by atoms with Gasteiger partial charge in [0, 0.05) is 23.3 Å². The Balaban J connectivity index is 2.53. The Morgan fingerprint density at radius 1 is 1.10 bits per heavy atom. The summed E-state index contributed by atoms with van der Waals surface area (Å²) in [5, 5.41) is 11.0. The fourth-order valence-corrected chi connectivity index (χ4v) is 2.22. The van der Waals surface area contributed by atoms with Gasteiger partial charge in [0.05, 0.1) is 9.95 Å². The highest BCUT2D eigenvalue weighted by Gasteiger charge is 2.18. The van der Waals surface area contributed by atoms with E-state index in [1.54, 1.807) is 6.07 Å². The van der Waals surface area contributed by atoms with E-state index in [0.717, 1.165) is 11.1 Å². The number of rotatable bonds is 3. The van der Waals surface area contributed by atoms with Crippen LogP contribution in [0.3, 0.4) is 0 Å². The lowest BCUT2D eigenvalue weighted by atomic mass is 9.97. The van der Waals surface area contributed by atoms with Crippen molar-refractivity contribution in [2.24, 2.45) is 0 Å². The van der Waals surface area contributed by atoms with E-state index in [2.05, 4.69) is 0 Å². The number of nitro groups is 1. The molecule has 5 heteroatoms. The minimum atomic E-state index is -0.547. The molecule has 4 nitrogen and oxygen atoms in total. The van der Waals surface area contributed by atoms with Crippen LogP contribution in [-0.2, 0) is 0 Å². The Morgan fingerprint density at radius 3 is 2.40 bits per heavy atom. The van der Waals surface area contributed by atoms with Crippen LogP contribution >= 0.6 is 11.6 Å². The molecule has 0 aliphatic rings. The number of halogens is 1. The third-order valence-electron chi connectivity index (χ3n) is 3.03. The Hall–Kier alpha value is -2.20. The normalized spacial score (nSPS) is 10.3. The second kappa shape index (κ2) is 5.43. The Labute approximate surface area is 121 Å². The van der Waals surface area contributed by atoms with E-state index in [1.807, 2.05) is 26.0 Å². The van der Waals surface area contributed by atoms with Gasteiger partial charge in [0.15, 0.2) is 5.78 Å². The molecule has 0 spiro atoms. The van der Waals surface area contributed by atoms with Crippen LogP contribution in [0.1, 0.15) is 27.0 Å². The zero-order valence-corrected chi connectivity index (χ0v) is 11.8. The molecule has 0 aromatic heterocycles. The summed E-state index contributed by atoms with van der Waals surface area (Å²) < 4.78 is 0. The van der Waals surface area contributed by atoms with Gasteiger partial charge in [-0.2, -0.15) is 0 Å². The molecule has 0 N–H and O–H groups in total. The maximum Gasteiger partial charge on any atom is 0.270 e. The van der Waals surface area contributed by atoms with Crippen molar-refractivity contribution in [3.05, 3.63) is 73.8 Å². The average molecular weight is 290 g/mol. The van der Waals surface area contributed by atoms with Crippen molar-refractivity contribution in [3.8, 4) is 0 Å². The summed E-state index contributed by atoms with van der Waals surface area (Å²) in [6.07, 6.45) is 0. The lowest BCUT2D eigenvalue weighted by Crippen LogP contribution is -2.05. The number of nitrogens with zero attached hydrogens (tertiary/aromatic N) is 1. The van der Waals surface area contributed by atoms with Crippen LogP contribution in [0.15, 0.2) is 36.4 Å². The molecule has 0 unspecified atom stereocenters. The van der Waals surface area contributed by atoms with E-state index in [4.69, 9.17) is 11.6 Å². The second-order valence-electron chi connectivity index (χ2n) is 4.57. The van der Waals surface area contributed by atoms with Crippen molar-refractivity contribution < 1.29 is 9.72 Å². The van der Waals surface area contributed by atoms with Gasteiger partial charge in [-0.25, -0.2) is 0 Å². The molecule has 20 heavy (non-hydrogen) atoms. The average Bonchev–Trinajstić information content (AvgIpc) is 2.38. The summed E-state index contributed by atoms with van der Waals surface area (Å²) in [5.41, 5.74) is 2.36. The smallest absolute Gasteiger partial charge is 0.270 e. The van der Waals surface area contributed by atoms with E-state index in [-0.39, 0.29) is 22.1 Å². The highest BCUT2D eigenvalue weighted by molar-refractivity contribution is 6.35. The fraction of sp³-hybridized carbons (Fsp3) is 0.133. The Bertz CT molecular complexity index is 710. The molecule has 0 heterocycles. The number of carbonyl (C=O) groups is 1. The molecule has 2 rings (SSSR count). The molecule has 0 saturated carbocycles. The summed E-state index contributed by atoms with van der Waals surface area (Å²) >= 11 is 5.99. The summed E-state index contributed by atoms with van der Waals surface area (Å²) in [6, 6.07) is 9.29. The zero-order valence-electron chi connectivity index (χ0n) is 11.0. The van der Waals surface area contributed by atoms with Crippen molar-refractivity contribution in [1.82, 2.24) is 0 Å². The van der Waals surface area contributed by atoms with Crippen molar-refractivity contribution in [3.63, 3.8) is 0 Å². The lowest BCUT2D eigenvalue weighted by Gasteiger charge is -2.07. The first-order chi connectivity index (χ1) is 9.40. The van der Waals surface area contributed by atoms with Gasteiger partial charge in [-0.1, -0.05) is 35.4 Å². The third kappa shape index (κ3) is 2.70. The first kappa shape index (κ1) is 14.2. The Kier molecular flexibility index (Phi) is 3.86. The summed E-state index contributed by atoms with van der Waals surface area (Å²) in [5.74, 6) is -0.309. The number of hydrogen-bond donors (Lipinski definition) is 0. The topological polar surface area (TPSA) is 60.2 Å². The number of aryl methyl sites for hydroxylation is 2. The number of hydrogen-bond acceptors (Lipinski definition) is 3. The Morgan fingerprint density at radius 2 is 1.80 bits per heavy atom. The fourth-order valence-electron chi connectivity index (χ4n) is 2.01. The number of non-ortho nitro benzene ring substituents is 1. The van der Waals surface area contributed by atoms with E-state index in [9.17, 15) is 14.9 Å². The molecule has 0 fully saturated rings. The maximum atomic E-state index is 12.5. The van der Waals surface area contributed by atoms with Gasteiger partial charge in [-0.15, -0.1) is 0 Å². The van der Waals surface area contributed by atoms with Crippen LogP contribution in [0.5, 0.6) is 0 Å². The van der Waals surface area contributed by atoms with Crippen LogP contribution in [0.25, 0.3) is 0 Å². The van der Waals surface area contributed by atoms with Crippen LogP contribution in [0.2, 0.25) is 5.02 Å². The van der Waals surface area contributed by atoms with Crippen LogP contribution < -0.4 is 0 Å². The molecule has 0 radical (unpaired) electrons. The molecule has 0 bridgehead atoms. The van der Waals surface area contributed by atoms with Gasteiger partial charge in [0.1, 0.15) is 0 Å². The third-order valence-corrected chi connectivity index (χ3v) is 3.36. The van der Waals surface area contributed by atoms with Crippen LogP contribution in [0.4, 0.5) is 5.69 Å². The van der Waals surface area contributed by atoms with Gasteiger partial charge in [0.2, 0.25) is 0 Å². The first-order valence-corrected chi connectivity index (χ1v) is 6.34. The second-order valence-corrected chi connectivity index (χ2v) is 4.98. The number of carbonyl (C=O) groups excluding carboxylic acids is 1. The molecular formula is C15H12ClNO3. The van der Waals surface area contributed by atoms with Gasteiger partial charge in [-0.3, -0.25) is 14.9 Å². The van der Waals surface area contributed by atoms with E-state index < -0.39 is 4.92 Å². The van der Waals surface area contributed by atoms with Gasteiger partial charge >= 0.3 is 0 Å². The van der Waals surface area contributed by atoms with E-state index in [0.29, 0.717) is 5.56 Å². The van der Waals surface area contributed by atoms with Crippen molar-refractivity contribution >= 4 is 23.1 Å². The van der Waals surface area contributed by atoms with E-state index >= 15 is 0 Å². The SMILES string of the molecule is Cc1ccc(C(=O)c2cc([N+](=O)[O-])ccc2Cl)c(C)c1. The summed E-state index contributed by atoms with van der Waals surface area (Å²) in [7, 11) is 0. The minimum Gasteiger partial charge on any atom is -0.289 e. The van der Waals surface area contributed by atoms with E-state index in [1.165, 1.54) is 18.2 Å². The highest BCUT2D eigenvalue weighted by Crippen LogP contribution is 2.25. The molecular weight excluding hydrogens is 278 g/mol. The van der Waals surface area contributed by atoms with Crippen molar-refractivity contribution in [2.75, 3.05) is 0 Å². The molecule has 2 aromatic carbocycles. The standard InChI is InChI=1S/C15H12ClNO3/c1-9-3-5-12(10(2)7-9)15(18)13-8-11(17(19)20)4-6-14(13)16/h3-8H,1-2H3. The number of benzene rings is 2. The predicted molar refractivity (Wildman–Crippen MR) is 77.5 cm³/mol. The van der Waals surface area contributed by atoms with Gasteiger partial charge in [-0.05, 0) is 25.5 Å². The summed E-state index contributed by atoms with van der Waals surface area (Å²) in [4.78, 5) is 22.7. The highest BCUT2D eigenvalue weighted by atomic mass is 35.5. The molecule has 0 amide bonds. The molecule has 0 atom stereocenters. The largest absolute Gasteiger partial charge is 0.289 e. The molecule has 0 aliphatic heterocycles. The van der Waals surface area contributed by atoms with Crippen LogP contribution in [0, 0.1) is 24.0 Å². The minimum absolute atomic E-state index is 0.146. The summed E-state index contributed by atoms with van der Waals surface area (Å²) in [6.45, 7) is 3.76. The lowest BCUT2D eigenvalue weighted by molar-refractivity contribution is -0.384. The van der Waals surface area contributed by atoms with Crippen molar-refractivity contribution in [1.29, 1.82) is 0 Å². The predicted octanol–water partition coefficient (Wildman–Crippen LogP) is 4.10. The first-order valence-electron chi connectivity index (χ1n) is 5.96. The molecule has 0 aliphatic carbocycles. The maximum absolute atomic E-state index is 12.5. The number of nitro benzene ring substituents is 1. The quantitative estimate of drug-likeness (QED) is 0.485.